The number of amidine groups is 1. The van der Waals surface area contributed by atoms with Crippen LogP contribution in [0.1, 0.15) is 34.1 Å². The van der Waals surface area contributed by atoms with E-state index >= 15 is 0 Å². The average molecular weight is 258 g/mol. The van der Waals surface area contributed by atoms with E-state index < -0.39 is 11.3 Å². The van der Waals surface area contributed by atoms with E-state index in [1.54, 1.807) is 27.7 Å². The predicted molar refractivity (Wildman–Crippen MR) is 67.9 cm³/mol. The Labute approximate surface area is 107 Å². The Balaban J connectivity index is 5.34. The van der Waals surface area contributed by atoms with Crippen LogP contribution in [0, 0.1) is 5.41 Å². The molecule has 5 N–H and O–H groups in total. The zero-order valence-electron chi connectivity index (χ0n) is 11.3. The summed E-state index contributed by atoms with van der Waals surface area (Å²) < 4.78 is 0. The molecule has 104 valence electrons. The van der Waals surface area contributed by atoms with E-state index in [0.29, 0.717) is 6.42 Å². The summed E-state index contributed by atoms with van der Waals surface area (Å²) in [6, 6.07) is -0.206. The number of hydrogen-bond acceptors (Lipinski definition) is 4. The van der Waals surface area contributed by atoms with Crippen molar-refractivity contribution >= 4 is 17.6 Å². The minimum Gasteiger partial charge on any atom is -0.409 e. The minimum atomic E-state index is -1.14. The highest BCUT2D eigenvalue weighted by Gasteiger charge is 2.40. The largest absolute Gasteiger partial charge is 0.409 e. The maximum atomic E-state index is 12.4. The van der Waals surface area contributed by atoms with Gasteiger partial charge in [-0.3, -0.25) is 9.59 Å². The van der Waals surface area contributed by atoms with Crippen molar-refractivity contribution in [3.05, 3.63) is 0 Å². The van der Waals surface area contributed by atoms with E-state index in [1.165, 1.54) is 4.90 Å². The maximum Gasteiger partial charge on any atom is 0.237 e. The SMILES string of the molecule is CCC(C)(C(=O)N(CC(N)=O)C(C)C)C(N)=NO. The van der Waals surface area contributed by atoms with E-state index in [1.807, 2.05) is 0 Å². The third-order valence-corrected chi connectivity index (χ3v) is 3.06. The lowest BCUT2D eigenvalue weighted by Gasteiger charge is -2.34. The molecule has 0 bridgehead atoms. The van der Waals surface area contributed by atoms with Gasteiger partial charge in [0.05, 0.1) is 6.54 Å². The monoisotopic (exact) mass is 258 g/mol. The van der Waals surface area contributed by atoms with Gasteiger partial charge in [0.2, 0.25) is 11.8 Å². The number of hydrogen-bond donors (Lipinski definition) is 3. The van der Waals surface area contributed by atoms with Crippen LogP contribution in [0.4, 0.5) is 0 Å². The molecule has 7 heteroatoms. The van der Waals surface area contributed by atoms with E-state index in [9.17, 15) is 9.59 Å². The second kappa shape index (κ2) is 6.23. The third-order valence-electron chi connectivity index (χ3n) is 3.06. The van der Waals surface area contributed by atoms with Crippen molar-refractivity contribution < 1.29 is 14.8 Å². The molecule has 1 unspecified atom stereocenters. The van der Waals surface area contributed by atoms with Gasteiger partial charge in [-0.25, -0.2) is 0 Å². The van der Waals surface area contributed by atoms with Gasteiger partial charge < -0.3 is 21.6 Å². The highest BCUT2D eigenvalue weighted by molar-refractivity contribution is 6.07. The van der Waals surface area contributed by atoms with Crippen LogP contribution < -0.4 is 11.5 Å². The highest BCUT2D eigenvalue weighted by Crippen LogP contribution is 2.25. The minimum absolute atomic E-state index is 0.176. The van der Waals surface area contributed by atoms with Crippen LogP contribution in [0.3, 0.4) is 0 Å². The molecule has 0 saturated heterocycles. The molecule has 0 fully saturated rings. The van der Waals surface area contributed by atoms with Crippen molar-refractivity contribution in [1.82, 2.24) is 4.90 Å². The maximum absolute atomic E-state index is 12.4. The number of amides is 2. The zero-order chi connectivity index (χ0) is 14.5. The number of nitrogens with two attached hydrogens (primary N) is 2. The molecule has 0 rings (SSSR count). The molecule has 18 heavy (non-hydrogen) atoms. The topological polar surface area (TPSA) is 122 Å². The molecule has 0 heterocycles. The summed E-state index contributed by atoms with van der Waals surface area (Å²) in [7, 11) is 0. The van der Waals surface area contributed by atoms with Crippen molar-refractivity contribution in [3.63, 3.8) is 0 Å². The number of carbonyl (C=O) groups excluding carboxylic acids is 2. The summed E-state index contributed by atoms with van der Waals surface area (Å²) in [5.41, 5.74) is 9.54. The van der Waals surface area contributed by atoms with Gasteiger partial charge >= 0.3 is 0 Å². The molecule has 0 spiro atoms. The van der Waals surface area contributed by atoms with Crippen LogP contribution in [0.25, 0.3) is 0 Å². The van der Waals surface area contributed by atoms with E-state index in [0.717, 1.165) is 0 Å². The number of nitrogens with zero attached hydrogens (tertiary/aromatic N) is 2. The van der Waals surface area contributed by atoms with E-state index in [-0.39, 0.29) is 24.3 Å². The van der Waals surface area contributed by atoms with Gasteiger partial charge in [-0.2, -0.15) is 0 Å². The van der Waals surface area contributed by atoms with Gasteiger partial charge in [-0.05, 0) is 27.2 Å². The predicted octanol–water partition coefficient (Wildman–Crippen LogP) is -0.129. The Hall–Kier alpha value is -1.79. The second-order valence-electron chi connectivity index (χ2n) is 4.66. The van der Waals surface area contributed by atoms with Crippen LogP contribution in [0.2, 0.25) is 0 Å². The molecular weight excluding hydrogens is 236 g/mol. The molecule has 0 saturated carbocycles. The average Bonchev–Trinajstić information content (AvgIpc) is 2.32. The summed E-state index contributed by atoms with van der Waals surface area (Å²) in [5.74, 6) is -1.16. The molecule has 0 aliphatic carbocycles. The summed E-state index contributed by atoms with van der Waals surface area (Å²) >= 11 is 0. The summed E-state index contributed by atoms with van der Waals surface area (Å²) in [4.78, 5) is 24.7. The molecule has 0 aromatic carbocycles. The summed E-state index contributed by atoms with van der Waals surface area (Å²) in [6.07, 6.45) is 0.351. The summed E-state index contributed by atoms with van der Waals surface area (Å²) in [6.45, 7) is 6.66. The van der Waals surface area contributed by atoms with Crippen molar-refractivity contribution in [2.45, 2.75) is 40.2 Å². The lowest BCUT2D eigenvalue weighted by atomic mass is 9.84. The van der Waals surface area contributed by atoms with Crippen LogP contribution in [-0.2, 0) is 9.59 Å². The standard InChI is InChI=1S/C11H22N4O3/c1-5-11(4,9(13)14-18)10(17)15(7(2)3)6-8(12)16/h7,18H,5-6H2,1-4H3,(H2,12,16)(H2,13,14). The Kier molecular flexibility index (Phi) is 5.61. The smallest absolute Gasteiger partial charge is 0.237 e. The fourth-order valence-electron chi connectivity index (χ4n) is 1.53. The van der Waals surface area contributed by atoms with Crippen molar-refractivity contribution in [1.29, 1.82) is 0 Å². The second-order valence-corrected chi connectivity index (χ2v) is 4.66. The van der Waals surface area contributed by atoms with E-state index in [4.69, 9.17) is 16.7 Å². The molecule has 0 aromatic heterocycles. The van der Waals surface area contributed by atoms with Gasteiger partial charge in [0.1, 0.15) is 5.41 Å². The number of rotatable bonds is 6. The van der Waals surface area contributed by atoms with Crippen LogP contribution >= 0.6 is 0 Å². The van der Waals surface area contributed by atoms with Crippen LogP contribution in [0.5, 0.6) is 0 Å². The summed E-state index contributed by atoms with van der Waals surface area (Å²) in [5, 5.41) is 11.7. The first-order chi connectivity index (χ1) is 8.20. The van der Waals surface area contributed by atoms with Gasteiger partial charge in [0.25, 0.3) is 0 Å². The Morgan fingerprint density at radius 2 is 1.89 bits per heavy atom. The van der Waals surface area contributed by atoms with Crippen molar-refractivity contribution in [2.75, 3.05) is 6.54 Å². The fraction of sp³-hybridized carbons (Fsp3) is 0.727. The van der Waals surface area contributed by atoms with E-state index in [2.05, 4.69) is 5.16 Å². The third kappa shape index (κ3) is 3.35. The number of primary amides is 1. The quantitative estimate of drug-likeness (QED) is 0.266. The molecule has 1 atom stereocenters. The molecule has 0 aliphatic heterocycles. The van der Waals surface area contributed by atoms with Crippen molar-refractivity contribution in [3.8, 4) is 0 Å². The first-order valence-electron chi connectivity index (χ1n) is 5.78. The van der Waals surface area contributed by atoms with Gasteiger partial charge in [0.15, 0.2) is 5.84 Å². The van der Waals surface area contributed by atoms with Gasteiger partial charge in [-0.1, -0.05) is 12.1 Å². The zero-order valence-corrected chi connectivity index (χ0v) is 11.3. The van der Waals surface area contributed by atoms with Gasteiger partial charge in [0, 0.05) is 6.04 Å². The van der Waals surface area contributed by atoms with Crippen LogP contribution in [0.15, 0.2) is 5.16 Å². The lowest BCUT2D eigenvalue weighted by molar-refractivity contribution is -0.142. The first kappa shape index (κ1) is 16.2. The molecular formula is C11H22N4O3. The Morgan fingerprint density at radius 3 is 2.17 bits per heavy atom. The van der Waals surface area contributed by atoms with Gasteiger partial charge in [-0.15, -0.1) is 0 Å². The molecule has 2 amide bonds. The molecule has 0 radical (unpaired) electrons. The van der Waals surface area contributed by atoms with Crippen molar-refractivity contribution in [2.24, 2.45) is 22.0 Å². The molecule has 0 aliphatic rings. The Morgan fingerprint density at radius 1 is 1.39 bits per heavy atom. The highest BCUT2D eigenvalue weighted by atomic mass is 16.4. The molecule has 0 aromatic rings. The Bertz CT molecular complexity index is 354. The lowest BCUT2D eigenvalue weighted by Crippen LogP contribution is -2.53. The number of carbonyl (C=O) groups is 2. The fourth-order valence-corrected chi connectivity index (χ4v) is 1.53. The first-order valence-corrected chi connectivity index (χ1v) is 5.78. The normalized spacial score (nSPS) is 15.3. The molecule has 7 nitrogen and oxygen atoms in total. The number of oxime groups is 1. The van der Waals surface area contributed by atoms with Crippen LogP contribution in [-0.4, -0.2) is 40.3 Å².